The Morgan fingerprint density at radius 1 is 0.975 bits per heavy atom. The summed E-state index contributed by atoms with van der Waals surface area (Å²) in [7, 11) is 1.38. The van der Waals surface area contributed by atoms with E-state index in [9.17, 15) is 35.5 Å². The van der Waals surface area contributed by atoms with Gasteiger partial charge in [0.15, 0.2) is 0 Å². The Hall–Kier alpha value is -2.47. The minimum atomic E-state index is -4.99. The van der Waals surface area contributed by atoms with E-state index in [1.807, 2.05) is 11.8 Å². The largest absolute Gasteiger partial charge is 0.416 e. The molecule has 0 N–H and O–H groups in total. The predicted molar refractivity (Wildman–Crippen MR) is 141 cm³/mol. The highest BCUT2D eigenvalue weighted by Crippen LogP contribution is 2.40. The van der Waals surface area contributed by atoms with Gasteiger partial charge < -0.3 is 9.80 Å². The first-order chi connectivity index (χ1) is 18.7. The Labute approximate surface area is 233 Å². The van der Waals surface area contributed by atoms with Crippen molar-refractivity contribution in [3.8, 4) is 0 Å². The third-order valence-electron chi connectivity index (χ3n) is 7.95. The number of halogens is 7. The molecule has 2 saturated heterocycles. The van der Waals surface area contributed by atoms with Gasteiger partial charge in [0.25, 0.3) is 0 Å². The Balaban J connectivity index is 1.65. The van der Waals surface area contributed by atoms with Gasteiger partial charge in [0.05, 0.1) is 23.2 Å². The van der Waals surface area contributed by atoms with E-state index in [0.29, 0.717) is 37.1 Å². The molecule has 12 heteroatoms. The number of carbonyl (C=O) groups is 1. The zero-order chi connectivity index (χ0) is 29.4. The summed E-state index contributed by atoms with van der Waals surface area (Å²) in [4.78, 5) is 19.0. The highest BCUT2D eigenvalue weighted by atomic mass is 32.2. The van der Waals surface area contributed by atoms with Gasteiger partial charge in [0, 0.05) is 44.2 Å². The van der Waals surface area contributed by atoms with Gasteiger partial charge in [-0.3, -0.25) is 4.90 Å². The van der Waals surface area contributed by atoms with Crippen molar-refractivity contribution in [3.05, 3.63) is 70.0 Å². The topological polar surface area (TPSA) is 26.8 Å². The lowest BCUT2D eigenvalue weighted by molar-refractivity contribution is -0.143. The second kappa shape index (κ2) is 11.8. The van der Waals surface area contributed by atoms with Gasteiger partial charge in [-0.1, -0.05) is 6.07 Å². The van der Waals surface area contributed by atoms with Crippen LogP contribution in [0.2, 0.25) is 0 Å². The van der Waals surface area contributed by atoms with E-state index < -0.39 is 47.4 Å². The second-order valence-electron chi connectivity index (χ2n) is 10.4. The van der Waals surface area contributed by atoms with Gasteiger partial charge >= 0.3 is 18.4 Å². The van der Waals surface area contributed by atoms with Crippen LogP contribution < -0.4 is 0 Å². The third kappa shape index (κ3) is 6.70. The molecule has 0 unspecified atom stereocenters. The number of likely N-dealkylation sites (tertiary alicyclic amines) is 1. The van der Waals surface area contributed by atoms with Crippen molar-refractivity contribution in [2.75, 3.05) is 38.2 Å². The number of hydrogen-bond acceptors (Lipinski definition) is 3. The molecule has 2 aliphatic heterocycles. The number of piperidine rings is 1. The summed E-state index contributed by atoms with van der Waals surface area (Å²) in [6, 6.07) is 3.95. The Morgan fingerprint density at radius 3 is 2.12 bits per heavy atom. The van der Waals surface area contributed by atoms with Crippen molar-refractivity contribution in [2.45, 2.75) is 57.2 Å². The molecule has 2 heterocycles. The van der Waals surface area contributed by atoms with Crippen LogP contribution in [0, 0.1) is 12.7 Å². The molecule has 0 spiro atoms. The molecule has 2 aromatic carbocycles. The van der Waals surface area contributed by atoms with E-state index in [4.69, 9.17) is 0 Å². The van der Waals surface area contributed by atoms with Gasteiger partial charge in [-0.2, -0.15) is 38.1 Å². The maximum atomic E-state index is 13.9. The number of thioether (sulfide) groups is 1. The highest BCUT2D eigenvalue weighted by Gasteiger charge is 2.40. The van der Waals surface area contributed by atoms with E-state index >= 15 is 0 Å². The van der Waals surface area contributed by atoms with Crippen LogP contribution in [0.3, 0.4) is 0 Å². The van der Waals surface area contributed by atoms with Crippen LogP contribution in [-0.2, 0) is 12.4 Å². The fraction of sp³-hybridized carbons (Fsp3) is 0.536. The summed E-state index contributed by atoms with van der Waals surface area (Å²) in [6.07, 6.45) is -8.71. The fourth-order valence-electron chi connectivity index (χ4n) is 5.57. The summed E-state index contributed by atoms with van der Waals surface area (Å²) in [6.45, 7) is 5.36. The number of alkyl halides is 6. The zero-order valence-corrected chi connectivity index (χ0v) is 23.3. The standard InChI is InChI=1S/C28H32F7N3OS/c1-17-12-22(29)4-5-24(17)25-16-23(37-8-10-40-11-9-37)6-7-38(25)26(39)36(3)18(2)19-13-20(27(30,31)32)15-21(14-19)28(33,34)35/h4-5,12-15,18,23,25H,6-11,16H2,1-3H3/t18-,23-,25+/m0/s1. The molecule has 40 heavy (non-hydrogen) atoms. The number of rotatable bonds is 4. The van der Waals surface area contributed by atoms with Crippen LogP contribution in [0.5, 0.6) is 0 Å². The molecule has 4 nitrogen and oxygen atoms in total. The maximum absolute atomic E-state index is 13.9. The highest BCUT2D eigenvalue weighted by molar-refractivity contribution is 7.99. The molecule has 2 aliphatic rings. The molecule has 0 aromatic heterocycles. The van der Waals surface area contributed by atoms with Crippen LogP contribution in [0.1, 0.15) is 59.7 Å². The quantitative estimate of drug-likeness (QED) is 0.344. The van der Waals surface area contributed by atoms with Crippen molar-refractivity contribution in [2.24, 2.45) is 0 Å². The fourth-order valence-corrected chi connectivity index (χ4v) is 6.50. The van der Waals surface area contributed by atoms with Gasteiger partial charge in [0.1, 0.15) is 5.82 Å². The minimum absolute atomic E-state index is 0.0786. The average Bonchev–Trinajstić information content (AvgIpc) is 2.91. The van der Waals surface area contributed by atoms with Crippen LogP contribution in [0.25, 0.3) is 0 Å². The average molecular weight is 592 g/mol. The number of benzene rings is 2. The van der Waals surface area contributed by atoms with Crippen molar-refractivity contribution in [1.82, 2.24) is 14.7 Å². The second-order valence-corrected chi connectivity index (χ2v) is 11.7. The molecule has 0 bridgehead atoms. The normalized spacial score (nSPS) is 21.8. The number of aryl methyl sites for hydroxylation is 1. The SMILES string of the molecule is Cc1cc(F)ccc1[C@H]1C[C@@H](N2CCSCC2)CCN1C(=O)N(C)[C@@H](C)c1cc(C(F)(F)F)cc(C(F)(F)F)c1. The lowest BCUT2D eigenvalue weighted by atomic mass is 9.88. The number of hydrogen-bond donors (Lipinski definition) is 0. The lowest BCUT2D eigenvalue weighted by Crippen LogP contribution is -2.53. The van der Waals surface area contributed by atoms with E-state index in [0.717, 1.165) is 30.2 Å². The molecule has 220 valence electrons. The first-order valence-corrected chi connectivity index (χ1v) is 14.2. The van der Waals surface area contributed by atoms with Crippen molar-refractivity contribution in [3.63, 3.8) is 0 Å². The number of carbonyl (C=O) groups excluding carboxylic acids is 1. The van der Waals surface area contributed by atoms with Gasteiger partial charge in [0.2, 0.25) is 0 Å². The molecular weight excluding hydrogens is 559 g/mol. The smallest absolute Gasteiger partial charge is 0.321 e. The zero-order valence-electron chi connectivity index (χ0n) is 22.4. The molecule has 2 fully saturated rings. The van der Waals surface area contributed by atoms with E-state index in [1.54, 1.807) is 17.9 Å². The first kappa shape index (κ1) is 30.5. The minimum Gasteiger partial charge on any atom is -0.321 e. The summed E-state index contributed by atoms with van der Waals surface area (Å²) < 4.78 is 94.7. The molecule has 4 rings (SSSR count). The Bertz CT molecular complexity index is 1180. The molecule has 3 atom stereocenters. The number of urea groups is 1. The van der Waals surface area contributed by atoms with Crippen molar-refractivity contribution >= 4 is 17.8 Å². The molecule has 2 amide bonds. The lowest BCUT2D eigenvalue weighted by Gasteiger charge is -2.46. The molecule has 0 radical (unpaired) electrons. The van der Waals surface area contributed by atoms with E-state index in [2.05, 4.69) is 4.90 Å². The van der Waals surface area contributed by atoms with Crippen LogP contribution in [0.4, 0.5) is 35.5 Å². The van der Waals surface area contributed by atoms with Gasteiger partial charge in [-0.25, -0.2) is 9.18 Å². The molecular formula is C28H32F7N3OS. The van der Waals surface area contributed by atoms with Gasteiger partial charge in [-0.05, 0) is 73.7 Å². The summed E-state index contributed by atoms with van der Waals surface area (Å²) in [5.74, 6) is 1.61. The van der Waals surface area contributed by atoms with Crippen LogP contribution in [-0.4, -0.2) is 65.0 Å². The van der Waals surface area contributed by atoms with Crippen LogP contribution >= 0.6 is 11.8 Å². The van der Waals surface area contributed by atoms with E-state index in [-0.39, 0.29) is 17.7 Å². The van der Waals surface area contributed by atoms with Gasteiger partial charge in [-0.15, -0.1) is 0 Å². The summed E-state index contributed by atoms with van der Waals surface area (Å²) in [5, 5.41) is 0. The molecule has 2 aromatic rings. The number of amides is 2. The van der Waals surface area contributed by atoms with E-state index in [1.165, 1.54) is 31.0 Å². The monoisotopic (exact) mass is 591 g/mol. The maximum Gasteiger partial charge on any atom is 0.416 e. The number of nitrogens with zero attached hydrogens (tertiary/aromatic N) is 3. The molecule has 0 saturated carbocycles. The molecule has 0 aliphatic carbocycles. The summed E-state index contributed by atoms with van der Waals surface area (Å²) in [5.41, 5.74) is -1.68. The predicted octanol–water partition coefficient (Wildman–Crippen LogP) is 7.54. The Kier molecular flexibility index (Phi) is 8.99. The first-order valence-electron chi connectivity index (χ1n) is 13.1. The van der Waals surface area contributed by atoms with Crippen LogP contribution in [0.15, 0.2) is 36.4 Å². The third-order valence-corrected chi connectivity index (χ3v) is 8.89. The Morgan fingerprint density at radius 2 is 1.57 bits per heavy atom. The van der Waals surface area contributed by atoms with Crippen molar-refractivity contribution < 1.29 is 35.5 Å². The van der Waals surface area contributed by atoms with Crippen molar-refractivity contribution in [1.29, 1.82) is 0 Å². The summed E-state index contributed by atoms with van der Waals surface area (Å²) >= 11 is 1.88.